The van der Waals surface area contributed by atoms with Crippen molar-refractivity contribution < 1.29 is 9.90 Å². The second-order valence-electron chi connectivity index (χ2n) is 7.02. The summed E-state index contributed by atoms with van der Waals surface area (Å²) in [5.74, 6) is 2.12. The summed E-state index contributed by atoms with van der Waals surface area (Å²) in [6.07, 6.45) is 5.68. The Morgan fingerprint density at radius 1 is 1.19 bits per heavy atom. The molecule has 1 aliphatic carbocycles. The van der Waals surface area contributed by atoms with E-state index >= 15 is 0 Å². The first-order valence-electron chi connectivity index (χ1n) is 10.4. The van der Waals surface area contributed by atoms with Crippen molar-refractivity contribution in [2.24, 2.45) is 38.0 Å². The number of carbonyl (C=O) groups excluding carboxylic acids is 1. The fourth-order valence-corrected chi connectivity index (χ4v) is 5.01. The van der Waals surface area contributed by atoms with Gasteiger partial charge in [0.25, 0.3) is 0 Å². The largest absolute Gasteiger partial charge is 0.392 e. The number of benzene rings is 1. The predicted molar refractivity (Wildman–Crippen MR) is 140 cm³/mol. The molecule has 0 spiro atoms. The molecule has 0 amide bonds. The monoisotopic (exact) mass is 478 g/mol. The fourth-order valence-electron chi connectivity index (χ4n) is 3.42. The number of aldehydes is 1. The lowest BCUT2D eigenvalue weighted by atomic mass is 9.82. The average Bonchev–Trinajstić information content (AvgIpc) is 2.82. The number of thioether (sulfide) groups is 2. The fraction of sp³-hybridized carbons (Fsp3) is 0.500. The van der Waals surface area contributed by atoms with Crippen LogP contribution in [0.4, 0.5) is 0 Å². The van der Waals surface area contributed by atoms with Crippen molar-refractivity contribution in [1.82, 2.24) is 5.32 Å². The molecule has 0 radical (unpaired) electrons. The van der Waals surface area contributed by atoms with Gasteiger partial charge in [0.05, 0.1) is 6.61 Å². The van der Waals surface area contributed by atoms with Crippen LogP contribution in [0.25, 0.3) is 0 Å². The highest BCUT2D eigenvalue weighted by atomic mass is 32.2. The number of rotatable bonds is 10. The lowest BCUT2D eigenvalue weighted by molar-refractivity contribution is -0.107. The van der Waals surface area contributed by atoms with Gasteiger partial charge in [0, 0.05) is 43.4 Å². The molecule has 0 aromatic heterocycles. The third-order valence-electron chi connectivity index (χ3n) is 4.80. The Kier molecular flexibility index (Phi) is 15.6. The van der Waals surface area contributed by atoms with E-state index in [1.165, 1.54) is 0 Å². The van der Waals surface area contributed by atoms with Crippen molar-refractivity contribution in [3.63, 3.8) is 0 Å². The first-order valence-corrected chi connectivity index (χ1v) is 12.4. The summed E-state index contributed by atoms with van der Waals surface area (Å²) in [7, 11) is 1.92. The van der Waals surface area contributed by atoms with Crippen LogP contribution in [-0.4, -0.2) is 53.7 Å². The molecule has 10 heteroatoms. The van der Waals surface area contributed by atoms with Crippen LogP contribution in [0.2, 0.25) is 0 Å². The Morgan fingerprint density at radius 3 is 2.34 bits per heavy atom. The van der Waals surface area contributed by atoms with E-state index in [-0.39, 0.29) is 6.61 Å². The average molecular weight is 479 g/mol. The first kappa shape index (κ1) is 28.2. The van der Waals surface area contributed by atoms with Crippen LogP contribution in [0, 0.1) is 11.8 Å². The van der Waals surface area contributed by atoms with Gasteiger partial charge in [0.1, 0.15) is 16.4 Å². The molecule has 1 saturated carbocycles. The minimum absolute atomic E-state index is 0.0344. The minimum Gasteiger partial charge on any atom is -0.392 e. The molecule has 4 N–H and O–H groups in total. The number of hydrogen-bond donors (Lipinski definition) is 3. The third kappa shape index (κ3) is 10.6. The number of nitrogens with one attached hydrogen (secondary N) is 1. The molecule has 2 rings (SSSR count). The number of nitrogens with two attached hydrogens (primary N) is 1. The summed E-state index contributed by atoms with van der Waals surface area (Å²) in [5, 5.41) is 29.7. The summed E-state index contributed by atoms with van der Waals surface area (Å²) in [6, 6.07) is 7.36. The molecular formula is C22H34N6O2S2. The van der Waals surface area contributed by atoms with Gasteiger partial charge in [-0.2, -0.15) is 10.2 Å². The maximum atomic E-state index is 10.1. The summed E-state index contributed by atoms with van der Waals surface area (Å²) >= 11 is 3.24. The van der Waals surface area contributed by atoms with E-state index in [4.69, 9.17) is 10.8 Å². The van der Waals surface area contributed by atoms with Crippen LogP contribution in [0.5, 0.6) is 0 Å². The topological polar surface area (TPSA) is 125 Å². The summed E-state index contributed by atoms with van der Waals surface area (Å²) in [5.41, 5.74) is 7.44. The number of nitrogens with zero attached hydrogens (tertiary/aromatic N) is 4. The molecule has 0 aliphatic heterocycles. The second-order valence-corrected chi connectivity index (χ2v) is 9.06. The molecule has 2 atom stereocenters. The highest BCUT2D eigenvalue weighted by Crippen LogP contribution is 2.35. The molecule has 1 unspecified atom stereocenters. The van der Waals surface area contributed by atoms with Gasteiger partial charge in [-0.15, -0.1) is 10.2 Å². The summed E-state index contributed by atoms with van der Waals surface area (Å²) in [6.45, 7) is 6.96. The van der Waals surface area contributed by atoms with Crippen LogP contribution in [0.3, 0.4) is 0 Å². The third-order valence-corrected chi connectivity index (χ3v) is 6.82. The maximum absolute atomic E-state index is 10.1. The van der Waals surface area contributed by atoms with Crippen molar-refractivity contribution in [3.8, 4) is 0 Å². The molecule has 0 bridgehead atoms. The quantitative estimate of drug-likeness (QED) is 0.156. The smallest absolute Gasteiger partial charge is 0.124 e. The lowest BCUT2D eigenvalue weighted by Crippen LogP contribution is -2.26. The van der Waals surface area contributed by atoms with Crippen LogP contribution in [0.1, 0.15) is 36.8 Å². The Bertz CT molecular complexity index is 773. The molecule has 0 saturated heterocycles. The number of hydrogen-bond acceptors (Lipinski definition) is 10. The molecule has 1 aliphatic rings. The Labute approximate surface area is 199 Å². The molecule has 176 valence electrons. The zero-order valence-corrected chi connectivity index (χ0v) is 20.3. The van der Waals surface area contributed by atoms with Crippen molar-refractivity contribution in [2.75, 3.05) is 18.8 Å². The van der Waals surface area contributed by atoms with E-state index in [1.807, 2.05) is 31.3 Å². The van der Waals surface area contributed by atoms with Crippen molar-refractivity contribution >= 4 is 53.3 Å². The van der Waals surface area contributed by atoms with Gasteiger partial charge >= 0.3 is 0 Å². The van der Waals surface area contributed by atoms with Gasteiger partial charge in [0.15, 0.2) is 0 Å². The highest BCUT2D eigenvalue weighted by molar-refractivity contribution is 8.14. The van der Waals surface area contributed by atoms with Gasteiger partial charge in [0.2, 0.25) is 0 Å². The molecular weight excluding hydrogens is 444 g/mol. The zero-order valence-electron chi connectivity index (χ0n) is 18.7. The Hall–Kier alpha value is -1.85. The summed E-state index contributed by atoms with van der Waals surface area (Å²) < 4.78 is 0. The van der Waals surface area contributed by atoms with Gasteiger partial charge in [-0.25, -0.2) is 0 Å². The van der Waals surface area contributed by atoms with E-state index < -0.39 is 0 Å². The number of aliphatic hydroxyl groups is 1. The van der Waals surface area contributed by atoms with Gasteiger partial charge < -0.3 is 21.0 Å². The van der Waals surface area contributed by atoms with Crippen molar-refractivity contribution in [3.05, 3.63) is 35.4 Å². The molecule has 32 heavy (non-hydrogen) atoms. The number of carbonyl (C=O) groups is 1. The maximum Gasteiger partial charge on any atom is 0.124 e. The van der Waals surface area contributed by atoms with E-state index in [0.29, 0.717) is 24.1 Å². The van der Waals surface area contributed by atoms with Crippen LogP contribution < -0.4 is 11.1 Å². The standard InChI is InChI=1S/C13H24N6S2.C9H10O2/c1-15-9-21-13(19-17-3)11-6-4-5-10(7-11)12(18-16-2)20-8-14;10-5-4-8-2-1-3-9(6-8)7-11/h10-11,15H,2-9,14H2,1H3;1-3,5-6,11H,4,7H2/b18-12-,19-13-;/t10-,11?;/m0./s1. The van der Waals surface area contributed by atoms with Crippen LogP contribution >= 0.6 is 23.5 Å². The van der Waals surface area contributed by atoms with Gasteiger partial charge in [-0.05, 0) is 37.4 Å². The van der Waals surface area contributed by atoms with Gasteiger partial charge in [-0.1, -0.05) is 54.2 Å². The van der Waals surface area contributed by atoms with Crippen LogP contribution in [0.15, 0.2) is 44.7 Å². The number of aliphatic hydroxyl groups excluding tert-OH is 1. The van der Waals surface area contributed by atoms with Gasteiger partial charge in [-0.3, -0.25) is 0 Å². The normalized spacial score (nSPS) is 19.0. The Morgan fingerprint density at radius 2 is 1.81 bits per heavy atom. The highest BCUT2D eigenvalue weighted by Gasteiger charge is 2.29. The second kappa shape index (κ2) is 17.7. The minimum atomic E-state index is 0.0344. The summed E-state index contributed by atoms with van der Waals surface area (Å²) in [4.78, 5) is 10.1. The van der Waals surface area contributed by atoms with Crippen LogP contribution in [-0.2, 0) is 17.8 Å². The molecule has 0 heterocycles. The molecule has 1 aromatic rings. The SMILES string of the molecule is C=N/N=C(\SCNC)C1CCC[C@H](/C(=N/N=C)SCN)C1.O=CCc1cccc(CO)c1. The van der Waals surface area contributed by atoms with Crippen molar-refractivity contribution in [1.29, 1.82) is 0 Å². The van der Waals surface area contributed by atoms with E-state index in [2.05, 4.69) is 39.2 Å². The van der Waals surface area contributed by atoms with E-state index in [9.17, 15) is 4.79 Å². The van der Waals surface area contributed by atoms with E-state index in [1.54, 1.807) is 23.5 Å². The van der Waals surface area contributed by atoms with Crippen molar-refractivity contribution in [2.45, 2.75) is 38.7 Å². The lowest BCUT2D eigenvalue weighted by Gasteiger charge is -2.29. The van der Waals surface area contributed by atoms with E-state index in [0.717, 1.165) is 59.1 Å². The molecule has 1 aromatic carbocycles. The first-order chi connectivity index (χ1) is 15.6. The molecule has 8 nitrogen and oxygen atoms in total. The molecule has 1 fully saturated rings. The zero-order chi connectivity index (χ0) is 23.6. The Balaban J connectivity index is 0.000000389. The predicted octanol–water partition coefficient (Wildman–Crippen LogP) is 3.30.